The Balaban J connectivity index is 1.47. The van der Waals surface area contributed by atoms with Crippen LogP contribution in [0.15, 0.2) is 132 Å². The topological polar surface area (TPSA) is 36.9 Å². The highest BCUT2D eigenvalue weighted by atomic mass is 32.1. The number of thiophene rings is 1. The zero-order valence-electron chi connectivity index (χ0n) is 21.4. The van der Waals surface area contributed by atoms with E-state index in [1.807, 2.05) is 53.8 Å². The fourth-order valence-corrected chi connectivity index (χ4v) is 7.09. The monoisotopic (exact) mass is 527 g/mol. The second-order valence-corrected chi connectivity index (χ2v) is 11.1. The van der Waals surface area contributed by atoms with Gasteiger partial charge >= 0.3 is 0 Å². The van der Waals surface area contributed by atoms with Gasteiger partial charge in [-0.3, -0.25) is 0 Å². The molecule has 0 amide bonds. The van der Waals surface area contributed by atoms with Crippen LogP contribution in [0.3, 0.4) is 0 Å². The molecule has 0 saturated heterocycles. The summed E-state index contributed by atoms with van der Waals surface area (Å²) in [7, 11) is 0. The molecular formula is C37H21NOS. The number of nitriles is 1. The Morgan fingerprint density at radius 2 is 1.07 bits per heavy atom. The Morgan fingerprint density at radius 1 is 0.500 bits per heavy atom. The Labute approximate surface area is 235 Å². The summed E-state index contributed by atoms with van der Waals surface area (Å²) in [6.45, 7) is 0. The number of hydrogen-bond acceptors (Lipinski definition) is 3. The first-order valence-electron chi connectivity index (χ1n) is 13.2. The minimum absolute atomic E-state index is 0.664. The second-order valence-electron chi connectivity index (χ2n) is 10.0. The van der Waals surface area contributed by atoms with Crippen molar-refractivity contribution in [2.24, 2.45) is 0 Å². The summed E-state index contributed by atoms with van der Waals surface area (Å²) < 4.78 is 8.79. The van der Waals surface area contributed by atoms with Crippen LogP contribution < -0.4 is 0 Å². The van der Waals surface area contributed by atoms with Crippen molar-refractivity contribution < 1.29 is 4.42 Å². The molecule has 0 spiro atoms. The average Bonchev–Trinajstić information content (AvgIpc) is 3.59. The molecule has 0 unspecified atom stereocenters. The predicted octanol–water partition coefficient (Wildman–Crippen LogP) is 10.8. The molecular weight excluding hydrogens is 506 g/mol. The van der Waals surface area contributed by atoms with Gasteiger partial charge < -0.3 is 4.42 Å². The van der Waals surface area contributed by atoms with Gasteiger partial charge in [0.15, 0.2) is 0 Å². The van der Waals surface area contributed by atoms with E-state index in [2.05, 4.69) is 91.0 Å². The van der Waals surface area contributed by atoms with Crippen LogP contribution in [0.25, 0.3) is 75.5 Å². The number of para-hydroxylation sites is 1. The van der Waals surface area contributed by atoms with Gasteiger partial charge in [-0.1, -0.05) is 78.9 Å². The molecule has 0 atom stereocenters. The predicted molar refractivity (Wildman–Crippen MR) is 168 cm³/mol. The number of furan rings is 1. The zero-order chi connectivity index (χ0) is 26.6. The summed E-state index contributed by atoms with van der Waals surface area (Å²) in [5, 5.41) is 14.7. The van der Waals surface area contributed by atoms with Crippen molar-refractivity contribution in [3.8, 4) is 39.4 Å². The third-order valence-corrected chi connectivity index (χ3v) is 8.85. The fourth-order valence-electron chi connectivity index (χ4n) is 5.96. The maximum atomic E-state index is 9.96. The van der Waals surface area contributed by atoms with Crippen molar-refractivity contribution in [3.05, 3.63) is 133 Å². The van der Waals surface area contributed by atoms with Crippen molar-refractivity contribution in [1.82, 2.24) is 0 Å². The lowest BCUT2D eigenvalue weighted by Gasteiger charge is -2.14. The summed E-state index contributed by atoms with van der Waals surface area (Å²) in [5.41, 5.74) is 8.88. The van der Waals surface area contributed by atoms with Gasteiger partial charge in [-0.15, -0.1) is 11.3 Å². The molecule has 6 aromatic carbocycles. The average molecular weight is 528 g/mol. The lowest BCUT2D eigenvalue weighted by Crippen LogP contribution is -1.89. The fraction of sp³-hybridized carbons (Fsp3) is 0. The van der Waals surface area contributed by atoms with Gasteiger partial charge in [0.2, 0.25) is 0 Å². The van der Waals surface area contributed by atoms with Crippen molar-refractivity contribution in [2.75, 3.05) is 0 Å². The number of hydrogen-bond donors (Lipinski definition) is 0. The van der Waals surface area contributed by atoms with Crippen LogP contribution in [-0.4, -0.2) is 0 Å². The van der Waals surface area contributed by atoms with E-state index in [-0.39, 0.29) is 0 Å². The number of benzene rings is 6. The molecule has 2 heterocycles. The molecule has 2 nitrogen and oxygen atoms in total. The molecule has 0 saturated carbocycles. The van der Waals surface area contributed by atoms with Crippen LogP contribution in [0, 0.1) is 11.3 Å². The minimum Gasteiger partial charge on any atom is -0.456 e. The maximum absolute atomic E-state index is 9.96. The van der Waals surface area contributed by atoms with Gasteiger partial charge in [-0.25, -0.2) is 0 Å². The number of nitrogens with zero attached hydrogens (tertiary/aromatic N) is 1. The van der Waals surface area contributed by atoms with Crippen LogP contribution in [0.2, 0.25) is 0 Å². The zero-order valence-corrected chi connectivity index (χ0v) is 22.2. The highest BCUT2D eigenvalue weighted by molar-refractivity contribution is 7.25. The first kappa shape index (κ1) is 22.8. The molecule has 0 aliphatic carbocycles. The van der Waals surface area contributed by atoms with Crippen LogP contribution in [0.5, 0.6) is 0 Å². The second kappa shape index (κ2) is 8.95. The van der Waals surface area contributed by atoms with Crippen molar-refractivity contribution in [1.29, 1.82) is 5.26 Å². The molecule has 2 aromatic heterocycles. The Kier molecular flexibility index (Phi) is 5.10. The van der Waals surface area contributed by atoms with Gasteiger partial charge in [0.1, 0.15) is 11.2 Å². The lowest BCUT2D eigenvalue weighted by atomic mass is 9.89. The quantitative estimate of drug-likeness (QED) is 0.229. The molecule has 0 aliphatic heterocycles. The Bertz CT molecular complexity index is 2160. The standard InChI is InChI=1S/C37H21NOS/c38-22-23-9-1-2-10-27(23)24-19-25(28-13-7-16-33-36(28)30-11-3-5-15-32(30)39-33)21-26(20-24)29-14-8-18-35-37(29)31-12-4-6-17-34(31)40-35/h1-21H. The van der Waals surface area contributed by atoms with Gasteiger partial charge in [-0.2, -0.15) is 5.26 Å². The lowest BCUT2D eigenvalue weighted by molar-refractivity contribution is 0.669. The van der Waals surface area contributed by atoms with Crippen molar-refractivity contribution in [2.45, 2.75) is 0 Å². The number of fused-ring (bicyclic) bond motifs is 6. The third kappa shape index (κ3) is 3.48. The molecule has 0 radical (unpaired) electrons. The smallest absolute Gasteiger partial charge is 0.136 e. The van der Waals surface area contributed by atoms with Gasteiger partial charge in [0.25, 0.3) is 0 Å². The van der Waals surface area contributed by atoms with E-state index in [9.17, 15) is 5.26 Å². The molecule has 40 heavy (non-hydrogen) atoms. The van der Waals surface area contributed by atoms with Gasteiger partial charge in [0, 0.05) is 30.9 Å². The Morgan fingerprint density at radius 3 is 1.90 bits per heavy atom. The largest absolute Gasteiger partial charge is 0.456 e. The van der Waals surface area contributed by atoms with E-state index in [0.717, 1.165) is 49.8 Å². The van der Waals surface area contributed by atoms with Gasteiger partial charge in [0.05, 0.1) is 11.6 Å². The van der Waals surface area contributed by atoms with E-state index < -0.39 is 0 Å². The van der Waals surface area contributed by atoms with Crippen LogP contribution in [-0.2, 0) is 0 Å². The van der Waals surface area contributed by atoms with Crippen LogP contribution in [0.1, 0.15) is 5.56 Å². The highest BCUT2D eigenvalue weighted by Gasteiger charge is 2.17. The summed E-state index contributed by atoms with van der Waals surface area (Å²) in [4.78, 5) is 0. The minimum atomic E-state index is 0.664. The molecule has 0 fully saturated rings. The molecule has 0 N–H and O–H groups in total. The summed E-state index contributed by atoms with van der Waals surface area (Å²) in [6.07, 6.45) is 0. The van der Waals surface area contributed by atoms with E-state index >= 15 is 0 Å². The summed E-state index contributed by atoms with van der Waals surface area (Å²) >= 11 is 1.83. The molecule has 8 aromatic rings. The van der Waals surface area contributed by atoms with Crippen LogP contribution in [0.4, 0.5) is 0 Å². The van der Waals surface area contributed by atoms with Crippen molar-refractivity contribution in [3.63, 3.8) is 0 Å². The third-order valence-electron chi connectivity index (χ3n) is 7.72. The van der Waals surface area contributed by atoms with Crippen LogP contribution >= 0.6 is 11.3 Å². The molecule has 3 heteroatoms. The van der Waals surface area contributed by atoms with Gasteiger partial charge in [-0.05, 0) is 81.9 Å². The molecule has 8 rings (SSSR count). The normalized spacial score (nSPS) is 11.5. The Hall–Kier alpha value is -5.17. The summed E-state index contributed by atoms with van der Waals surface area (Å²) in [6, 6.07) is 46.6. The van der Waals surface area contributed by atoms with Crippen molar-refractivity contribution >= 4 is 53.4 Å². The van der Waals surface area contributed by atoms with E-state index in [4.69, 9.17) is 4.42 Å². The molecule has 186 valence electrons. The summed E-state index contributed by atoms with van der Waals surface area (Å²) in [5.74, 6) is 0. The van der Waals surface area contributed by atoms with E-state index in [1.54, 1.807) is 0 Å². The maximum Gasteiger partial charge on any atom is 0.136 e. The van der Waals surface area contributed by atoms with E-state index in [1.165, 1.54) is 25.7 Å². The molecule has 0 aliphatic rings. The first-order valence-corrected chi connectivity index (χ1v) is 14.1. The van der Waals surface area contributed by atoms with E-state index in [0.29, 0.717) is 5.56 Å². The highest BCUT2D eigenvalue weighted by Crippen LogP contribution is 2.44. The first-order chi connectivity index (χ1) is 19.8. The number of rotatable bonds is 3. The molecule has 0 bridgehead atoms. The SMILES string of the molecule is N#Cc1ccccc1-c1cc(-c2cccc3oc4ccccc4c23)cc(-c2cccc3sc4ccccc4c23)c1.